The minimum Gasteiger partial charge on any atom is -0.449 e. The van der Waals surface area contributed by atoms with E-state index < -0.39 is 27.8 Å². The molecule has 0 fully saturated rings. The lowest BCUT2D eigenvalue weighted by molar-refractivity contribution is -0.128. The molecule has 1 amide bonds. The quantitative estimate of drug-likeness (QED) is 0.624. The van der Waals surface area contributed by atoms with E-state index in [1.165, 1.54) is 37.3 Å². The van der Waals surface area contributed by atoms with E-state index in [0.717, 1.165) is 6.26 Å². The number of sulfone groups is 1. The fourth-order valence-electron chi connectivity index (χ4n) is 1.55. The zero-order valence-corrected chi connectivity index (χ0v) is 12.6. The highest BCUT2D eigenvalue weighted by molar-refractivity contribution is 7.90. The van der Waals surface area contributed by atoms with Gasteiger partial charge in [0.25, 0.3) is 5.91 Å². The van der Waals surface area contributed by atoms with Gasteiger partial charge in [0.15, 0.2) is 15.9 Å². The lowest BCUT2D eigenvalue weighted by Crippen LogP contribution is -2.36. The molecule has 114 valence electrons. The molecule has 0 aliphatic rings. The van der Waals surface area contributed by atoms with Gasteiger partial charge in [-0.05, 0) is 19.1 Å². The SMILES string of the molecule is C=CCNC(=O)[C@@H](C)OC(=O)c1ccccc1S(C)(=O)=O. The maximum absolute atomic E-state index is 12.0. The number of rotatable bonds is 6. The molecular formula is C14H17NO5S. The highest BCUT2D eigenvalue weighted by atomic mass is 32.2. The molecule has 1 N–H and O–H groups in total. The Labute approximate surface area is 123 Å². The first-order valence-corrected chi connectivity index (χ1v) is 8.05. The van der Waals surface area contributed by atoms with Gasteiger partial charge in [-0.15, -0.1) is 6.58 Å². The highest BCUT2D eigenvalue weighted by Gasteiger charge is 2.23. The second-order valence-corrected chi connectivity index (χ2v) is 6.33. The third kappa shape index (κ3) is 4.71. The summed E-state index contributed by atoms with van der Waals surface area (Å²) in [5.41, 5.74) is -0.0941. The van der Waals surface area contributed by atoms with Crippen molar-refractivity contribution in [3.8, 4) is 0 Å². The van der Waals surface area contributed by atoms with Crippen LogP contribution in [0, 0.1) is 0 Å². The van der Waals surface area contributed by atoms with Crippen LogP contribution < -0.4 is 5.32 Å². The fourth-order valence-corrected chi connectivity index (χ4v) is 2.43. The number of carbonyl (C=O) groups is 2. The Bertz CT molecular complexity index is 651. The number of nitrogens with one attached hydrogen (secondary N) is 1. The first-order chi connectivity index (χ1) is 9.77. The third-order valence-corrected chi connectivity index (χ3v) is 3.74. The number of benzene rings is 1. The van der Waals surface area contributed by atoms with E-state index >= 15 is 0 Å². The Balaban J connectivity index is 2.91. The van der Waals surface area contributed by atoms with Crippen molar-refractivity contribution >= 4 is 21.7 Å². The molecular weight excluding hydrogens is 294 g/mol. The molecule has 0 aliphatic carbocycles. The molecule has 1 aromatic rings. The van der Waals surface area contributed by atoms with Gasteiger partial charge in [0.2, 0.25) is 0 Å². The Hall–Kier alpha value is -2.15. The average Bonchev–Trinajstić information content (AvgIpc) is 2.43. The Kier molecular flexibility index (Phi) is 5.66. The van der Waals surface area contributed by atoms with Gasteiger partial charge in [-0.1, -0.05) is 18.2 Å². The standard InChI is InChI=1S/C14H17NO5S/c1-4-9-15-13(16)10(2)20-14(17)11-7-5-6-8-12(11)21(3,18)19/h4-8,10H,1,9H2,2-3H3,(H,15,16)/t10-/m1/s1. The maximum Gasteiger partial charge on any atom is 0.340 e. The van der Waals surface area contributed by atoms with Gasteiger partial charge in [-0.3, -0.25) is 4.79 Å². The molecule has 0 spiro atoms. The maximum atomic E-state index is 12.0. The molecule has 0 saturated heterocycles. The number of carbonyl (C=O) groups excluding carboxylic acids is 2. The van der Waals surface area contributed by atoms with Gasteiger partial charge in [-0.25, -0.2) is 13.2 Å². The van der Waals surface area contributed by atoms with E-state index in [4.69, 9.17) is 4.74 Å². The van der Waals surface area contributed by atoms with Crippen molar-refractivity contribution in [2.75, 3.05) is 12.8 Å². The van der Waals surface area contributed by atoms with Gasteiger partial charge >= 0.3 is 5.97 Å². The predicted octanol–water partition coefficient (Wildman–Crippen LogP) is 0.938. The minimum atomic E-state index is -3.56. The molecule has 0 aliphatic heterocycles. The van der Waals surface area contributed by atoms with Gasteiger partial charge in [-0.2, -0.15) is 0 Å². The summed E-state index contributed by atoms with van der Waals surface area (Å²) in [7, 11) is -3.56. The lowest BCUT2D eigenvalue weighted by atomic mass is 10.2. The smallest absolute Gasteiger partial charge is 0.340 e. The molecule has 0 aromatic heterocycles. The summed E-state index contributed by atoms with van der Waals surface area (Å²) >= 11 is 0. The number of ether oxygens (including phenoxy) is 1. The molecule has 6 nitrogen and oxygen atoms in total. The predicted molar refractivity (Wildman–Crippen MR) is 77.6 cm³/mol. The fraction of sp³-hybridized carbons (Fsp3) is 0.286. The van der Waals surface area contributed by atoms with Crippen molar-refractivity contribution in [1.82, 2.24) is 5.32 Å². The van der Waals surface area contributed by atoms with Crippen LogP contribution in [0.1, 0.15) is 17.3 Å². The van der Waals surface area contributed by atoms with Crippen LogP contribution in [0.2, 0.25) is 0 Å². The molecule has 7 heteroatoms. The molecule has 0 saturated carbocycles. The van der Waals surface area contributed by atoms with Crippen LogP contribution in [-0.2, 0) is 19.4 Å². The summed E-state index contributed by atoms with van der Waals surface area (Å²) in [6, 6.07) is 5.68. The van der Waals surface area contributed by atoms with Crippen molar-refractivity contribution in [3.05, 3.63) is 42.5 Å². The Morgan fingerprint density at radius 2 is 2.00 bits per heavy atom. The number of hydrogen-bond acceptors (Lipinski definition) is 5. The highest BCUT2D eigenvalue weighted by Crippen LogP contribution is 2.17. The number of hydrogen-bond donors (Lipinski definition) is 1. The van der Waals surface area contributed by atoms with Gasteiger partial charge in [0.1, 0.15) is 0 Å². The molecule has 1 atom stereocenters. The monoisotopic (exact) mass is 311 g/mol. The van der Waals surface area contributed by atoms with E-state index in [-0.39, 0.29) is 17.0 Å². The second kappa shape index (κ2) is 7.03. The summed E-state index contributed by atoms with van der Waals surface area (Å²) in [5, 5.41) is 2.48. The van der Waals surface area contributed by atoms with Crippen molar-refractivity contribution in [3.63, 3.8) is 0 Å². The second-order valence-electron chi connectivity index (χ2n) is 4.35. The summed E-state index contributed by atoms with van der Waals surface area (Å²) in [4.78, 5) is 23.5. The summed E-state index contributed by atoms with van der Waals surface area (Å²) < 4.78 is 28.2. The average molecular weight is 311 g/mol. The van der Waals surface area contributed by atoms with Crippen LogP contribution in [0.3, 0.4) is 0 Å². The van der Waals surface area contributed by atoms with Crippen molar-refractivity contribution < 1.29 is 22.7 Å². The third-order valence-electron chi connectivity index (χ3n) is 2.58. The number of esters is 1. The van der Waals surface area contributed by atoms with Crippen LogP contribution in [0.5, 0.6) is 0 Å². The molecule has 21 heavy (non-hydrogen) atoms. The van der Waals surface area contributed by atoms with Crippen LogP contribution >= 0.6 is 0 Å². The normalized spacial score (nSPS) is 12.3. The zero-order chi connectivity index (χ0) is 16.0. The van der Waals surface area contributed by atoms with Gasteiger partial charge in [0.05, 0.1) is 10.5 Å². The largest absolute Gasteiger partial charge is 0.449 e. The first-order valence-electron chi connectivity index (χ1n) is 6.16. The van der Waals surface area contributed by atoms with E-state index in [0.29, 0.717) is 0 Å². The van der Waals surface area contributed by atoms with E-state index in [1.54, 1.807) is 0 Å². The van der Waals surface area contributed by atoms with Crippen LogP contribution in [0.25, 0.3) is 0 Å². The topological polar surface area (TPSA) is 89.5 Å². The van der Waals surface area contributed by atoms with E-state index in [9.17, 15) is 18.0 Å². The van der Waals surface area contributed by atoms with Crippen LogP contribution in [0.4, 0.5) is 0 Å². The molecule has 1 aromatic carbocycles. The Morgan fingerprint density at radius 1 is 1.38 bits per heavy atom. The van der Waals surface area contributed by atoms with E-state index in [2.05, 4.69) is 11.9 Å². The van der Waals surface area contributed by atoms with Crippen LogP contribution in [-0.4, -0.2) is 39.2 Å². The first kappa shape index (κ1) is 16.9. The summed E-state index contributed by atoms with van der Waals surface area (Å²) in [6.07, 6.45) is 1.45. The van der Waals surface area contributed by atoms with Crippen molar-refractivity contribution in [1.29, 1.82) is 0 Å². The zero-order valence-electron chi connectivity index (χ0n) is 11.8. The minimum absolute atomic E-state index is 0.0941. The van der Waals surface area contributed by atoms with Crippen LogP contribution in [0.15, 0.2) is 41.8 Å². The van der Waals surface area contributed by atoms with Crippen molar-refractivity contribution in [2.24, 2.45) is 0 Å². The summed E-state index contributed by atoms with van der Waals surface area (Å²) in [6.45, 7) is 5.10. The molecule has 0 heterocycles. The molecule has 0 unspecified atom stereocenters. The number of amides is 1. The lowest BCUT2D eigenvalue weighted by Gasteiger charge is -2.14. The van der Waals surface area contributed by atoms with E-state index in [1.807, 2.05) is 0 Å². The molecule has 0 bridgehead atoms. The van der Waals surface area contributed by atoms with Gasteiger partial charge in [0, 0.05) is 12.8 Å². The van der Waals surface area contributed by atoms with Gasteiger partial charge < -0.3 is 10.1 Å². The molecule has 0 radical (unpaired) electrons. The Morgan fingerprint density at radius 3 is 2.57 bits per heavy atom. The summed E-state index contributed by atoms with van der Waals surface area (Å²) in [5.74, 6) is -1.35. The molecule has 1 rings (SSSR count). The van der Waals surface area contributed by atoms with Crippen molar-refractivity contribution in [2.45, 2.75) is 17.9 Å².